The largest absolute Gasteiger partial charge is 0.432 e. The third-order valence-electron chi connectivity index (χ3n) is 2.67. The number of nitrogen functional groups attached to an aromatic ring is 1. The molecule has 0 unspecified atom stereocenters. The van der Waals surface area contributed by atoms with Crippen LogP contribution >= 0.6 is 0 Å². The minimum atomic E-state index is -3.07. The number of nitrogens with one attached hydrogen (secondary N) is 1. The normalized spacial score (nSPS) is 11.1. The molecule has 0 fully saturated rings. The van der Waals surface area contributed by atoms with E-state index in [9.17, 15) is 13.2 Å². The van der Waals surface area contributed by atoms with E-state index >= 15 is 0 Å². The summed E-state index contributed by atoms with van der Waals surface area (Å²) in [5.41, 5.74) is 6.14. The molecule has 0 saturated heterocycles. The summed E-state index contributed by atoms with van der Waals surface area (Å²) in [4.78, 5) is 2.06. The molecule has 7 heteroatoms. The molecule has 0 radical (unpaired) electrons. The highest BCUT2D eigenvalue weighted by molar-refractivity contribution is 5.68. The maximum Gasteiger partial charge on any atom is 0.387 e. The highest BCUT2D eigenvalue weighted by Gasteiger charge is 2.13. The summed E-state index contributed by atoms with van der Waals surface area (Å²) in [6, 6.07) is 2.10. The van der Waals surface area contributed by atoms with Crippen molar-refractivity contribution in [3.05, 3.63) is 17.9 Å². The second kappa shape index (κ2) is 7.08. The molecule has 1 rings (SSSR count). The predicted octanol–water partition coefficient (Wildman–Crippen LogP) is 2.37. The van der Waals surface area contributed by atoms with Crippen molar-refractivity contribution in [2.45, 2.75) is 13.5 Å². The molecule has 0 bridgehead atoms. The van der Waals surface area contributed by atoms with E-state index in [0.29, 0.717) is 12.2 Å². The van der Waals surface area contributed by atoms with Gasteiger partial charge in [0.05, 0.1) is 11.4 Å². The van der Waals surface area contributed by atoms with Gasteiger partial charge in [0.2, 0.25) is 0 Å². The monoisotopic (exact) mass is 277 g/mol. The molecule has 0 aliphatic carbocycles. The first-order chi connectivity index (χ1) is 8.93. The summed E-state index contributed by atoms with van der Waals surface area (Å²) >= 11 is 0. The first-order valence-corrected chi connectivity index (χ1v) is 5.90. The summed E-state index contributed by atoms with van der Waals surface area (Å²) < 4.78 is 41.6. The number of anilines is 2. The molecular weight excluding hydrogens is 259 g/mol. The van der Waals surface area contributed by atoms with Gasteiger partial charge in [-0.05, 0) is 13.6 Å². The van der Waals surface area contributed by atoms with Gasteiger partial charge >= 0.3 is 6.61 Å². The van der Waals surface area contributed by atoms with Gasteiger partial charge in [-0.15, -0.1) is 0 Å². The van der Waals surface area contributed by atoms with Crippen LogP contribution in [0.3, 0.4) is 0 Å². The fourth-order valence-corrected chi connectivity index (χ4v) is 1.45. The van der Waals surface area contributed by atoms with Crippen LogP contribution < -0.4 is 15.8 Å². The Morgan fingerprint density at radius 2 is 2.11 bits per heavy atom. The van der Waals surface area contributed by atoms with Crippen molar-refractivity contribution in [3.8, 4) is 5.75 Å². The summed E-state index contributed by atoms with van der Waals surface area (Å²) in [7, 11) is 1.95. The molecule has 0 heterocycles. The third-order valence-corrected chi connectivity index (χ3v) is 2.67. The van der Waals surface area contributed by atoms with Crippen LogP contribution in [-0.2, 0) is 0 Å². The number of benzene rings is 1. The molecular formula is C12H18F3N3O. The minimum absolute atomic E-state index is 0.151. The van der Waals surface area contributed by atoms with Gasteiger partial charge in [-0.3, -0.25) is 0 Å². The van der Waals surface area contributed by atoms with Crippen LogP contribution in [0.5, 0.6) is 5.75 Å². The van der Waals surface area contributed by atoms with E-state index < -0.39 is 18.2 Å². The van der Waals surface area contributed by atoms with Gasteiger partial charge in [0.25, 0.3) is 0 Å². The lowest BCUT2D eigenvalue weighted by Gasteiger charge is -2.16. The zero-order valence-corrected chi connectivity index (χ0v) is 10.9. The molecule has 0 aliphatic rings. The molecule has 0 amide bonds. The molecule has 4 nitrogen and oxygen atoms in total. The molecule has 0 aromatic heterocycles. The summed E-state index contributed by atoms with van der Waals surface area (Å²) in [6.45, 7) is 1.14. The van der Waals surface area contributed by atoms with E-state index in [1.54, 1.807) is 0 Å². The molecule has 0 saturated carbocycles. The van der Waals surface area contributed by atoms with Gasteiger partial charge in [0.1, 0.15) is 0 Å². The number of hydrogen-bond donors (Lipinski definition) is 2. The van der Waals surface area contributed by atoms with E-state index in [-0.39, 0.29) is 5.69 Å². The second-order valence-electron chi connectivity index (χ2n) is 4.07. The quantitative estimate of drug-likeness (QED) is 0.751. The van der Waals surface area contributed by atoms with Crippen molar-refractivity contribution in [2.75, 3.05) is 37.7 Å². The average molecular weight is 277 g/mol. The van der Waals surface area contributed by atoms with Crippen molar-refractivity contribution in [1.29, 1.82) is 0 Å². The SMILES string of the molecule is CCN(C)CCNc1cc(OC(F)F)c(F)cc1N. The smallest absolute Gasteiger partial charge is 0.387 e. The summed E-state index contributed by atoms with van der Waals surface area (Å²) in [6.07, 6.45) is 0. The number of rotatable bonds is 7. The number of nitrogens with zero attached hydrogens (tertiary/aromatic N) is 1. The molecule has 3 N–H and O–H groups in total. The van der Waals surface area contributed by atoms with Crippen LogP contribution in [0.25, 0.3) is 0 Å². The van der Waals surface area contributed by atoms with Gasteiger partial charge in [-0.25, -0.2) is 4.39 Å². The molecule has 1 aromatic carbocycles. The van der Waals surface area contributed by atoms with Gasteiger partial charge in [0, 0.05) is 25.2 Å². The number of halogens is 3. The zero-order valence-electron chi connectivity index (χ0n) is 10.9. The number of nitrogens with two attached hydrogens (primary N) is 1. The number of hydrogen-bond acceptors (Lipinski definition) is 4. The first-order valence-electron chi connectivity index (χ1n) is 5.90. The maximum atomic E-state index is 13.3. The van der Waals surface area contributed by atoms with E-state index in [1.807, 2.05) is 14.0 Å². The Morgan fingerprint density at radius 3 is 2.68 bits per heavy atom. The first kappa shape index (κ1) is 15.4. The Kier molecular flexibility index (Phi) is 5.75. The zero-order chi connectivity index (χ0) is 14.4. The molecule has 0 atom stereocenters. The van der Waals surface area contributed by atoms with E-state index in [0.717, 1.165) is 25.2 Å². The van der Waals surface area contributed by atoms with Crippen LogP contribution in [0, 0.1) is 5.82 Å². The van der Waals surface area contributed by atoms with Crippen molar-refractivity contribution < 1.29 is 17.9 Å². The summed E-state index contributed by atoms with van der Waals surface area (Å²) in [5, 5.41) is 2.96. The highest BCUT2D eigenvalue weighted by atomic mass is 19.3. The van der Waals surface area contributed by atoms with Crippen molar-refractivity contribution in [3.63, 3.8) is 0 Å². The number of ether oxygens (including phenoxy) is 1. The van der Waals surface area contributed by atoms with Gasteiger partial charge < -0.3 is 20.7 Å². The summed E-state index contributed by atoms with van der Waals surface area (Å²) in [5.74, 6) is -1.43. The van der Waals surface area contributed by atoms with Crippen molar-refractivity contribution >= 4 is 11.4 Å². The van der Waals surface area contributed by atoms with Gasteiger partial charge in [-0.2, -0.15) is 8.78 Å². The number of likely N-dealkylation sites (N-methyl/N-ethyl adjacent to an activating group) is 1. The lowest BCUT2D eigenvalue weighted by Crippen LogP contribution is -2.25. The van der Waals surface area contributed by atoms with Crippen molar-refractivity contribution in [1.82, 2.24) is 4.90 Å². The lowest BCUT2D eigenvalue weighted by molar-refractivity contribution is -0.0521. The van der Waals surface area contributed by atoms with Crippen LogP contribution in [0.4, 0.5) is 24.5 Å². The predicted molar refractivity (Wildman–Crippen MR) is 69.1 cm³/mol. The fraction of sp³-hybridized carbons (Fsp3) is 0.500. The molecule has 108 valence electrons. The van der Waals surface area contributed by atoms with Gasteiger partial charge in [-0.1, -0.05) is 6.92 Å². The minimum Gasteiger partial charge on any atom is -0.432 e. The van der Waals surface area contributed by atoms with Crippen molar-refractivity contribution in [2.24, 2.45) is 0 Å². The van der Waals surface area contributed by atoms with Crippen LogP contribution in [0.2, 0.25) is 0 Å². The molecule has 0 spiro atoms. The van der Waals surface area contributed by atoms with Gasteiger partial charge in [0.15, 0.2) is 11.6 Å². The Labute approximate surface area is 110 Å². The average Bonchev–Trinajstić information content (AvgIpc) is 2.33. The fourth-order valence-electron chi connectivity index (χ4n) is 1.45. The Hall–Kier alpha value is -1.63. The van der Waals surface area contributed by atoms with Crippen LogP contribution in [0.15, 0.2) is 12.1 Å². The number of alkyl halides is 2. The molecule has 0 aliphatic heterocycles. The Bertz CT molecular complexity index is 415. The molecule has 19 heavy (non-hydrogen) atoms. The third kappa shape index (κ3) is 4.86. The van der Waals surface area contributed by atoms with Crippen LogP contribution in [-0.4, -0.2) is 38.2 Å². The van der Waals surface area contributed by atoms with Crippen LogP contribution in [0.1, 0.15) is 6.92 Å². The Balaban J connectivity index is 2.71. The van der Waals surface area contributed by atoms with E-state index in [4.69, 9.17) is 5.73 Å². The maximum absolute atomic E-state index is 13.3. The Morgan fingerprint density at radius 1 is 1.42 bits per heavy atom. The lowest BCUT2D eigenvalue weighted by atomic mass is 10.2. The highest BCUT2D eigenvalue weighted by Crippen LogP contribution is 2.29. The van der Waals surface area contributed by atoms with E-state index in [2.05, 4.69) is 15.0 Å². The van der Waals surface area contributed by atoms with E-state index in [1.165, 1.54) is 0 Å². The molecule has 1 aromatic rings. The standard InChI is InChI=1S/C12H18F3N3O/c1-3-18(2)5-4-17-10-7-11(19-12(14)15)8(13)6-9(10)16/h6-7,12,17H,3-5,16H2,1-2H3. The topological polar surface area (TPSA) is 50.5 Å². The second-order valence-corrected chi connectivity index (χ2v) is 4.07.